The van der Waals surface area contributed by atoms with Crippen LogP contribution in [0.4, 0.5) is 0 Å². The van der Waals surface area contributed by atoms with Gasteiger partial charge in [-0.2, -0.15) is 0 Å². The molecule has 0 saturated heterocycles. The zero-order valence-electron chi connectivity index (χ0n) is 7.65. The van der Waals surface area contributed by atoms with Gasteiger partial charge in [0, 0.05) is 12.0 Å². The largest absolute Gasteiger partial charge is 0.396 e. The van der Waals surface area contributed by atoms with E-state index in [1.54, 1.807) is 6.07 Å². The summed E-state index contributed by atoms with van der Waals surface area (Å²) in [6.07, 6.45) is 0.785. The minimum atomic E-state index is -0.348. The molecule has 1 aromatic heterocycles. The Balaban J connectivity index is 2.30. The Morgan fingerprint density at radius 1 is 1.50 bits per heavy atom. The average molecular weight is 214 g/mol. The quantitative estimate of drug-likeness (QED) is 0.736. The van der Waals surface area contributed by atoms with Crippen molar-refractivity contribution in [2.24, 2.45) is 5.92 Å². The van der Waals surface area contributed by atoms with Crippen LogP contribution in [0.2, 0.25) is 5.15 Å². The molecular formula is C10H12ClNO2. The van der Waals surface area contributed by atoms with Crippen LogP contribution in [-0.4, -0.2) is 28.4 Å². The van der Waals surface area contributed by atoms with Gasteiger partial charge in [0.25, 0.3) is 0 Å². The van der Waals surface area contributed by atoms with Gasteiger partial charge in [-0.15, -0.1) is 0 Å². The van der Waals surface area contributed by atoms with Crippen molar-refractivity contribution >= 4 is 11.6 Å². The Morgan fingerprint density at radius 3 is 2.79 bits per heavy atom. The first-order valence-corrected chi connectivity index (χ1v) is 4.95. The van der Waals surface area contributed by atoms with Crippen molar-refractivity contribution in [3.8, 4) is 0 Å². The maximum Gasteiger partial charge on any atom is 0.129 e. The Kier molecular flexibility index (Phi) is 2.47. The fourth-order valence-electron chi connectivity index (χ4n) is 1.89. The van der Waals surface area contributed by atoms with Gasteiger partial charge in [0.2, 0.25) is 0 Å². The van der Waals surface area contributed by atoms with E-state index in [2.05, 4.69) is 4.98 Å². The van der Waals surface area contributed by atoms with Gasteiger partial charge in [0.1, 0.15) is 5.15 Å². The van der Waals surface area contributed by atoms with Gasteiger partial charge in [-0.1, -0.05) is 17.7 Å². The lowest BCUT2D eigenvalue weighted by atomic mass is 10.00. The van der Waals surface area contributed by atoms with Gasteiger partial charge in [0.05, 0.1) is 12.3 Å². The standard InChI is InChI=1S/C10H12ClNO2/c11-9-3-1-2-8(12-9)10(6-14)4-7(10)5-13/h1-3,7,13-14H,4-6H2/t7-,10-/m1/s1. The van der Waals surface area contributed by atoms with Gasteiger partial charge < -0.3 is 10.2 Å². The van der Waals surface area contributed by atoms with Crippen molar-refractivity contribution in [3.05, 3.63) is 29.0 Å². The summed E-state index contributed by atoms with van der Waals surface area (Å²) in [6.45, 7) is 0.111. The van der Waals surface area contributed by atoms with Gasteiger partial charge in [-0.3, -0.25) is 0 Å². The Morgan fingerprint density at radius 2 is 2.29 bits per heavy atom. The minimum Gasteiger partial charge on any atom is -0.396 e. The molecule has 2 N–H and O–H groups in total. The third kappa shape index (κ3) is 1.41. The second kappa shape index (κ2) is 3.50. The van der Waals surface area contributed by atoms with E-state index < -0.39 is 0 Å². The van der Waals surface area contributed by atoms with E-state index in [0.717, 1.165) is 12.1 Å². The molecule has 14 heavy (non-hydrogen) atoms. The predicted molar refractivity (Wildman–Crippen MR) is 53.2 cm³/mol. The topological polar surface area (TPSA) is 53.4 Å². The van der Waals surface area contributed by atoms with Crippen molar-refractivity contribution in [1.29, 1.82) is 0 Å². The number of nitrogens with zero attached hydrogens (tertiary/aromatic N) is 1. The SMILES string of the molecule is OC[C@H]1C[C@]1(CO)c1cccc(Cl)n1. The monoisotopic (exact) mass is 213 g/mol. The smallest absolute Gasteiger partial charge is 0.129 e. The lowest BCUT2D eigenvalue weighted by Gasteiger charge is -2.12. The van der Waals surface area contributed by atoms with Crippen LogP contribution < -0.4 is 0 Å². The van der Waals surface area contributed by atoms with E-state index in [4.69, 9.17) is 16.7 Å². The summed E-state index contributed by atoms with van der Waals surface area (Å²) in [7, 11) is 0. The molecule has 3 nitrogen and oxygen atoms in total. The molecule has 0 bridgehead atoms. The van der Waals surface area contributed by atoms with E-state index >= 15 is 0 Å². The van der Waals surface area contributed by atoms with E-state index in [9.17, 15) is 5.11 Å². The van der Waals surface area contributed by atoms with Gasteiger partial charge in [-0.05, 0) is 24.5 Å². The number of hydrogen-bond acceptors (Lipinski definition) is 3. The highest BCUT2D eigenvalue weighted by Gasteiger charge is 2.55. The molecule has 0 unspecified atom stereocenters. The van der Waals surface area contributed by atoms with Crippen LogP contribution in [0, 0.1) is 5.92 Å². The molecule has 1 aromatic rings. The minimum absolute atomic E-state index is 0.0194. The highest BCUT2D eigenvalue weighted by atomic mass is 35.5. The Labute approximate surface area is 87.4 Å². The fourth-order valence-corrected chi connectivity index (χ4v) is 2.06. The van der Waals surface area contributed by atoms with Crippen molar-refractivity contribution in [2.75, 3.05) is 13.2 Å². The van der Waals surface area contributed by atoms with E-state index in [1.807, 2.05) is 12.1 Å². The first-order chi connectivity index (χ1) is 6.73. The molecule has 1 fully saturated rings. The summed E-state index contributed by atoms with van der Waals surface area (Å²) >= 11 is 5.77. The molecule has 0 aliphatic heterocycles. The van der Waals surface area contributed by atoms with Crippen LogP contribution in [0.1, 0.15) is 12.1 Å². The summed E-state index contributed by atoms with van der Waals surface area (Å²) in [5.41, 5.74) is 0.436. The normalized spacial score (nSPS) is 30.4. The summed E-state index contributed by atoms with van der Waals surface area (Å²) in [4.78, 5) is 4.17. The Hall–Kier alpha value is -0.640. The Bertz CT molecular complexity index is 345. The number of halogens is 1. The first-order valence-electron chi connectivity index (χ1n) is 4.57. The third-order valence-electron chi connectivity index (χ3n) is 2.96. The molecule has 0 radical (unpaired) electrons. The molecule has 76 valence electrons. The molecule has 2 atom stereocenters. The second-order valence-electron chi connectivity index (χ2n) is 3.74. The lowest BCUT2D eigenvalue weighted by molar-refractivity contribution is 0.211. The van der Waals surface area contributed by atoms with Crippen LogP contribution in [-0.2, 0) is 5.41 Å². The van der Waals surface area contributed by atoms with Gasteiger partial charge in [0.15, 0.2) is 0 Å². The fraction of sp³-hybridized carbons (Fsp3) is 0.500. The number of pyridine rings is 1. The second-order valence-corrected chi connectivity index (χ2v) is 4.13. The zero-order valence-corrected chi connectivity index (χ0v) is 8.41. The van der Waals surface area contributed by atoms with Crippen molar-refractivity contribution in [2.45, 2.75) is 11.8 Å². The van der Waals surface area contributed by atoms with E-state index in [-0.39, 0.29) is 24.5 Å². The number of rotatable bonds is 3. The van der Waals surface area contributed by atoms with Crippen LogP contribution >= 0.6 is 11.6 Å². The predicted octanol–water partition coefficient (Wildman–Crippen LogP) is 0.977. The number of aliphatic hydroxyl groups is 2. The molecule has 0 amide bonds. The molecule has 1 aliphatic rings. The van der Waals surface area contributed by atoms with Gasteiger partial charge >= 0.3 is 0 Å². The van der Waals surface area contributed by atoms with Crippen LogP contribution in [0.25, 0.3) is 0 Å². The van der Waals surface area contributed by atoms with Gasteiger partial charge in [-0.25, -0.2) is 4.98 Å². The zero-order chi connectivity index (χ0) is 10.2. The molecule has 4 heteroatoms. The molecule has 0 aromatic carbocycles. The van der Waals surface area contributed by atoms with Crippen molar-refractivity contribution in [1.82, 2.24) is 4.98 Å². The molecule has 1 heterocycles. The van der Waals surface area contributed by atoms with Crippen LogP contribution in [0.3, 0.4) is 0 Å². The maximum absolute atomic E-state index is 9.31. The van der Waals surface area contributed by atoms with Crippen LogP contribution in [0.15, 0.2) is 18.2 Å². The van der Waals surface area contributed by atoms with Crippen molar-refractivity contribution in [3.63, 3.8) is 0 Å². The highest BCUT2D eigenvalue weighted by molar-refractivity contribution is 6.29. The van der Waals surface area contributed by atoms with Crippen LogP contribution in [0.5, 0.6) is 0 Å². The highest BCUT2D eigenvalue weighted by Crippen LogP contribution is 2.52. The van der Waals surface area contributed by atoms with E-state index in [0.29, 0.717) is 5.15 Å². The van der Waals surface area contributed by atoms with E-state index in [1.165, 1.54) is 0 Å². The number of aromatic nitrogens is 1. The number of hydrogen-bond donors (Lipinski definition) is 2. The first kappa shape index (κ1) is 9.90. The summed E-state index contributed by atoms with van der Waals surface area (Å²) in [5.74, 6) is 0.124. The molecular weight excluding hydrogens is 202 g/mol. The molecule has 2 rings (SSSR count). The summed E-state index contributed by atoms with van der Waals surface area (Å²) in [6, 6.07) is 5.36. The average Bonchev–Trinajstić information content (AvgIpc) is 2.93. The van der Waals surface area contributed by atoms with Crippen molar-refractivity contribution < 1.29 is 10.2 Å². The molecule has 0 spiro atoms. The molecule has 1 saturated carbocycles. The summed E-state index contributed by atoms with van der Waals surface area (Å²) < 4.78 is 0. The third-order valence-corrected chi connectivity index (χ3v) is 3.17. The molecule has 1 aliphatic carbocycles. The lowest BCUT2D eigenvalue weighted by Crippen LogP contribution is -2.18. The maximum atomic E-state index is 9.31. The summed E-state index contributed by atoms with van der Waals surface area (Å²) in [5, 5.41) is 18.8. The number of aliphatic hydroxyl groups excluding tert-OH is 2.